The van der Waals surface area contributed by atoms with Gasteiger partial charge in [-0.25, -0.2) is 4.79 Å². The van der Waals surface area contributed by atoms with Gasteiger partial charge in [0.2, 0.25) is 0 Å². The van der Waals surface area contributed by atoms with Crippen LogP contribution in [0.2, 0.25) is 0 Å². The highest BCUT2D eigenvalue weighted by Crippen LogP contribution is 2.23. The van der Waals surface area contributed by atoms with Gasteiger partial charge in [-0.15, -0.1) is 21.5 Å². The van der Waals surface area contributed by atoms with Gasteiger partial charge in [-0.05, 0) is 49.1 Å². The molecule has 3 aromatic rings. The van der Waals surface area contributed by atoms with E-state index in [1.165, 1.54) is 5.56 Å². The molecule has 6 nitrogen and oxygen atoms in total. The zero-order chi connectivity index (χ0) is 19.5. The summed E-state index contributed by atoms with van der Waals surface area (Å²) in [7, 11) is 0. The van der Waals surface area contributed by atoms with Gasteiger partial charge in [0.15, 0.2) is 5.82 Å². The van der Waals surface area contributed by atoms with Gasteiger partial charge in [0.25, 0.3) is 0 Å². The minimum absolute atomic E-state index is 0.0502. The normalized spacial score (nSPS) is 14.2. The maximum atomic E-state index is 12.6. The fraction of sp³-hybridized carbons (Fsp3) is 0.286. The molecule has 0 aliphatic carbocycles. The van der Waals surface area contributed by atoms with Crippen LogP contribution in [-0.4, -0.2) is 47.3 Å². The number of anilines is 2. The van der Waals surface area contributed by atoms with Crippen molar-refractivity contribution in [2.24, 2.45) is 0 Å². The number of carbonyl (C=O) groups is 1. The van der Waals surface area contributed by atoms with E-state index in [2.05, 4.69) is 26.5 Å². The summed E-state index contributed by atoms with van der Waals surface area (Å²) in [5, 5.41) is 13.8. The fourth-order valence-corrected chi connectivity index (χ4v) is 4.03. The molecule has 0 bridgehead atoms. The quantitative estimate of drug-likeness (QED) is 0.725. The van der Waals surface area contributed by atoms with Gasteiger partial charge >= 0.3 is 6.03 Å². The Morgan fingerprint density at radius 1 is 1.04 bits per heavy atom. The number of thiophene rings is 1. The van der Waals surface area contributed by atoms with Crippen LogP contribution in [0.3, 0.4) is 0 Å². The molecule has 1 saturated heterocycles. The molecule has 144 valence electrons. The standard InChI is InChI=1S/C21H23N5OS/c1-15-5-6-17(16(2)14-15)22-21(27)26-11-9-25(10-12-26)20-8-7-18(23-24-20)19-4-3-13-28-19/h3-8,13-14H,9-12H2,1-2H3,(H,22,27). The van der Waals surface area contributed by atoms with E-state index < -0.39 is 0 Å². The van der Waals surface area contributed by atoms with Crippen LogP contribution in [-0.2, 0) is 0 Å². The van der Waals surface area contributed by atoms with E-state index >= 15 is 0 Å². The van der Waals surface area contributed by atoms with E-state index in [1.54, 1.807) is 11.3 Å². The lowest BCUT2D eigenvalue weighted by molar-refractivity contribution is 0.208. The summed E-state index contributed by atoms with van der Waals surface area (Å²) < 4.78 is 0. The average Bonchev–Trinajstić information content (AvgIpc) is 3.25. The van der Waals surface area contributed by atoms with Gasteiger partial charge in [0.1, 0.15) is 5.69 Å². The molecule has 1 aromatic carbocycles. The SMILES string of the molecule is Cc1ccc(NC(=O)N2CCN(c3ccc(-c4cccs4)nn3)CC2)c(C)c1. The fourth-order valence-electron chi connectivity index (χ4n) is 3.34. The number of benzene rings is 1. The van der Waals surface area contributed by atoms with E-state index in [1.807, 2.05) is 60.5 Å². The third-order valence-corrected chi connectivity index (χ3v) is 5.83. The topological polar surface area (TPSA) is 61.4 Å². The zero-order valence-electron chi connectivity index (χ0n) is 16.1. The Hall–Kier alpha value is -2.93. The molecule has 1 aliphatic rings. The van der Waals surface area contributed by atoms with Crippen molar-refractivity contribution < 1.29 is 4.79 Å². The number of urea groups is 1. The van der Waals surface area contributed by atoms with Crippen molar-refractivity contribution in [3.05, 3.63) is 59.0 Å². The molecule has 0 spiro atoms. The number of carbonyl (C=O) groups excluding carboxylic acids is 1. The lowest BCUT2D eigenvalue weighted by atomic mass is 10.1. The number of nitrogens with one attached hydrogen (secondary N) is 1. The number of hydrogen-bond acceptors (Lipinski definition) is 5. The zero-order valence-corrected chi connectivity index (χ0v) is 16.9. The molecule has 1 fully saturated rings. The van der Waals surface area contributed by atoms with E-state index in [9.17, 15) is 4.79 Å². The Labute approximate surface area is 168 Å². The van der Waals surface area contributed by atoms with Crippen molar-refractivity contribution in [3.8, 4) is 10.6 Å². The second-order valence-electron chi connectivity index (χ2n) is 6.98. The van der Waals surface area contributed by atoms with E-state index in [-0.39, 0.29) is 6.03 Å². The first kappa shape index (κ1) is 18.4. The third-order valence-electron chi connectivity index (χ3n) is 4.94. The summed E-state index contributed by atoms with van der Waals surface area (Å²) >= 11 is 1.66. The maximum absolute atomic E-state index is 12.6. The van der Waals surface area contributed by atoms with Gasteiger partial charge in [0.05, 0.1) is 4.88 Å². The largest absolute Gasteiger partial charge is 0.352 e. The molecule has 28 heavy (non-hydrogen) atoms. The Morgan fingerprint density at radius 3 is 2.50 bits per heavy atom. The highest BCUT2D eigenvalue weighted by Gasteiger charge is 2.22. The minimum atomic E-state index is -0.0502. The average molecular weight is 394 g/mol. The van der Waals surface area contributed by atoms with Crippen LogP contribution in [0.1, 0.15) is 11.1 Å². The van der Waals surface area contributed by atoms with E-state index in [0.717, 1.165) is 40.7 Å². The Morgan fingerprint density at radius 2 is 1.86 bits per heavy atom. The Balaban J connectivity index is 1.34. The van der Waals surface area contributed by atoms with Crippen LogP contribution >= 0.6 is 11.3 Å². The first-order chi connectivity index (χ1) is 13.6. The summed E-state index contributed by atoms with van der Waals surface area (Å²) in [5.41, 5.74) is 4.03. The number of hydrogen-bond donors (Lipinski definition) is 1. The molecular weight excluding hydrogens is 370 g/mol. The highest BCUT2D eigenvalue weighted by atomic mass is 32.1. The molecule has 7 heteroatoms. The predicted octanol–water partition coefficient (Wildman–Crippen LogP) is 4.18. The Bertz CT molecular complexity index is 947. The van der Waals surface area contributed by atoms with Crippen LogP contribution in [0.5, 0.6) is 0 Å². The van der Waals surface area contributed by atoms with Crippen molar-refractivity contribution in [2.75, 3.05) is 36.4 Å². The highest BCUT2D eigenvalue weighted by molar-refractivity contribution is 7.13. The van der Waals surface area contributed by atoms with Crippen LogP contribution in [0.4, 0.5) is 16.3 Å². The van der Waals surface area contributed by atoms with Gasteiger partial charge < -0.3 is 15.1 Å². The lowest BCUT2D eigenvalue weighted by Crippen LogP contribution is -2.50. The molecule has 0 unspecified atom stereocenters. The van der Waals surface area contributed by atoms with Crippen molar-refractivity contribution in [1.82, 2.24) is 15.1 Å². The summed E-state index contributed by atoms with van der Waals surface area (Å²) in [6, 6.07) is 14.1. The molecule has 1 aliphatic heterocycles. The van der Waals surface area contributed by atoms with E-state index in [4.69, 9.17) is 0 Å². The molecule has 2 amide bonds. The van der Waals surface area contributed by atoms with Gasteiger partial charge in [-0.3, -0.25) is 0 Å². The van der Waals surface area contributed by atoms with Crippen LogP contribution in [0.15, 0.2) is 47.8 Å². The molecule has 2 aromatic heterocycles. The number of aromatic nitrogens is 2. The number of rotatable bonds is 3. The van der Waals surface area contributed by atoms with Crippen LogP contribution < -0.4 is 10.2 Å². The third kappa shape index (κ3) is 3.99. The molecular formula is C21H23N5OS. The minimum Gasteiger partial charge on any atom is -0.352 e. The first-order valence-electron chi connectivity index (χ1n) is 9.36. The second-order valence-corrected chi connectivity index (χ2v) is 7.92. The molecule has 1 N–H and O–H groups in total. The summed E-state index contributed by atoms with van der Waals surface area (Å²) in [6.07, 6.45) is 0. The number of aryl methyl sites for hydroxylation is 2. The van der Waals surface area contributed by atoms with Crippen LogP contribution in [0, 0.1) is 13.8 Å². The molecule has 0 saturated carbocycles. The molecule has 4 rings (SSSR count). The summed E-state index contributed by atoms with van der Waals surface area (Å²) in [5.74, 6) is 0.856. The van der Waals surface area contributed by atoms with Gasteiger partial charge in [-0.2, -0.15) is 0 Å². The van der Waals surface area contributed by atoms with Crippen molar-refractivity contribution in [1.29, 1.82) is 0 Å². The predicted molar refractivity (Wildman–Crippen MR) is 114 cm³/mol. The van der Waals surface area contributed by atoms with Crippen molar-refractivity contribution >= 4 is 28.9 Å². The first-order valence-corrected chi connectivity index (χ1v) is 10.2. The molecule has 0 radical (unpaired) electrons. The molecule has 3 heterocycles. The molecule has 0 atom stereocenters. The number of nitrogens with zero attached hydrogens (tertiary/aromatic N) is 4. The number of piperazine rings is 1. The monoisotopic (exact) mass is 393 g/mol. The smallest absolute Gasteiger partial charge is 0.321 e. The number of amides is 2. The Kier molecular flexibility index (Phi) is 5.25. The maximum Gasteiger partial charge on any atom is 0.321 e. The van der Waals surface area contributed by atoms with Crippen molar-refractivity contribution in [2.45, 2.75) is 13.8 Å². The van der Waals surface area contributed by atoms with Gasteiger partial charge in [-0.1, -0.05) is 23.8 Å². The van der Waals surface area contributed by atoms with Crippen molar-refractivity contribution in [3.63, 3.8) is 0 Å². The van der Waals surface area contributed by atoms with Gasteiger partial charge in [0, 0.05) is 31.9 Å². The lowest BCUT2D eigenvalue weighted by Gasteiger charge is -2.35. The van der Waals surface area contributed by atoms with E-state index in [0.29, 0.717) is 13.1 Å². The summed E-state index contributed by atoms with van der Waals surface area (Å²) in [4.78, 5) is 17.7. The summed E-state index contributed by atoms with van der Waals surface area (Å²) in [6.45, 7) is 6.86. The van der Waals surface area contributed by atoms with Crippen LogP contribution in [0.25, 0.3) is 10.6 Å². The second kappa shape index (κ2) is 7.98.